The van der Waals surface area contributed by atoms with Gasteiger partial charge < -0.3 is 9.32 Å². The summed E-state index contributed by atoms with van der Waals surface area (Å²) in [5.74, 6) is 0.00231. The molecule has 3 heterocycles. The molecule has 1 aromatic rings. The molecule has 3 rings (SSSR count). The van der Waals surface area contributed by atoms with E-state index >= 15 is 0 Å². The van der Waals surface area contributed by atoms with Gasteiger partial charge in [-0.25, -0.2) is 0 Å². The van der Waals surface area contributed by atoms with E-state index in [0.29, 0.717) is 11.6 Å². The highest BCUT2D eigenvalue weighted by atomic mass is 35.5. The second kappa shape index (κ2) is 4.94. The summed E-state index contributed by atoms with van der Waals surface area (Å²) in [6, 6.07) is 2.18. The van der Waals surface area contributed by atoms with E-state index < -0.39 is 0 Å². The van der Waals surface area contributed by atoms with Gasteiger partial charge in [-0.1, -0.05) is 0 Å². The molecule has 0 aromatic carbocycles. The Kier molecular flexibility index (Phi) is 3.31. The van der Waals surface area contributed by atoms with Gasteiger partial charge in [-0.2, -0.15) is 0 Å². The molecule has 0 aliphatic carbocycles. The van der Waals surface area contributed by atoms with Gasteiger partial charge in [0.2, 0.25) is 5.22 Å². The Labute approximate surface area is 111 Å². The van der Waals surface area contributed by atoms with E-state index in [0.717, 1.165) is 26.1 Å². The average Bonchev–Trinajstić information content (AvgIpc) is 2.93. The molecule has 1 unspecified atom stereocenters. The molecule has 0 saturated carbocycles. The monoisotopic (exact) mass is 268 g/mol. The Hall–Kier alpha value is -1.00. The van der Waals surface area contributed by atoms with Crippen LogP contribution >= 0.6 is 11.6 Å². The lowest BCUT2D eigenvalue weighted by molar-refractivity contribution is 0.0743. The minimum atomic E-state index is 0.00231. The molecular weight excluding hydrogens is 252 g/mol. The van der Waals surface area contributed by atoms with Crippen LogP contribution in [-0.4, -0.2) is 47.9 Å². The molecule has 5 heteroatoms. The largest absolute Gasteiger partial charge is 0.452 e. The average molecular weight is 269 g/mol. The van der Waals surface area contributed by atoms with Gasteiger partial charge in [0.15, 0.2) is 0 Å². The molecule has 4 nitrogen and oxygen atoms in total. The van der Waals surface area contributed by atoms with E-state index in [9.17, 15) is 4.79 Å². The van der Waals surface area contributed by atoms with Gasteiger partial charge in [-0.05, 0) is 43.5 Å². The van der Waals surface area contributed by atoms with Crippen LogP contribution in [0.4, 0.5) is 0 Å². The van der Waals surface area contributed by atoms with Gasteiger partial charge in [0.05, 0.1) is 11.8 Å². The lowest BCUT2D eigenvalue weighted by Crippen LogP contribution is -2.39. The number of hydrogen-bond donors (Lipinski definition) is 0. The third kappa shape index (κ3) is 2.15. The summed E-state index contributed by atoms with van der Waals surface area (Å²) in [7, 11) is 0. The van der Waals surface area contributed by atoms with Crippen molar-refractivity contribution in [2.45, 2.75) is 25.3 Å². The Balaban J connectivity index is 1.75. The predicted octanol–water partition coefficient (Wildman–Crippen LogP) is 2.24. The van der Waals surface area contributed by atoms with E-state index in [1.54, 1.807) is 6.07 Å². The van der Waals surface area contributed by atoms with Gasteiger partial charge in [0.25, 0.3) is 5.91 Å². The fourth-order valence-corrected chi connectivity index (χ4v) is 3.20. The van der Waals surface area contributed by atoms with Gasteiger partial charge >= 0.3 is 0 Å². The second-order valence-electron chi connectivity index (χ2n) is 5.04. The molecule has 1 amide bonds. The molecule has 2 aliphatic rings. The number of halogens is 1. The maximum atomic E-state index is 12.4. The molecule has 1 atom stereocenters. The number of amides is 1. The summed E-state index contributed by atoms with van der Waals surface area (Å²) >= 11 is 5.88. The first-order valence-corrected chi connectivity index (χ1v) is 6.90. The zero-order valence-corrected chi connectivity index (χ0v) is 11.0. The first-order chi connectivity index (χ1) is 8.75. The van der Waals surface area contributed by atoms with Gasteiger partial charge in [0.1, 0.15) is 0 Å². The van der Waals surface area contributed by atoms with Crippen LogP contribution in [0.15, 0.2) is 16.7 Å². The molecule has 2 aliphatic heterocycles. The minimum absolute atomic E-state index is 0.00231. The smallest absolute Gasteiger partial charge is 0.258 e. The number of fused-ring (bicyclic) bond motifs is 1. The summed E-state index contributed by atoms with van der Waals surface area (Å²) < 4.78 is 5.00. The van der Waals surface area contributed by atoms with E-state index in [-0.39, 0.29) is 11.1 Å². The SMILES string of the molecule is O=C(c1ccoc1Cl)N1CCCN2CCCC2C1. The lowest BCUT2D eigenvalue weighted by atomic mass is 10.2. The number of furan rings is 1. The van der Waals surface area contributed by atoms with E-state index in [1.807, 2.05) is 4.90 Å². The molecule has 2 fully saturated rings. The molecule has 1 aromatic heterocycles. The highest BCUT2D eigenvalue weighted by Crippen LogP contribution is 2.24. The van der Waals surface area contributed by atoms with Crippen molar-refractivity contribution < 1.29 is 9.21 Å². The van der Waals surface area contributed by atoms with Crippen LogP contribution in [0.5, 0.6) is 0 Å². The van der Waals surface area contributed by atoms with Gasteiger partial charge in [-0.15, -0.1) is 0 Å². The third-order valence-electron chi connectivity index (χ3n) is 3.94. The standard InChI is InChI=1S/C13H17ClN2O2/c14-12-11(4-8-18-12)13(17)16-7-2-6-15-5-1-3-10(15)9-16/h4,8,10H,1-3,5-7,9H2. The number of rotatable bonds is 1. The Morgan fingerprint density at radius 2 is 2.17 bits per heavy atom. The van der Waals surface area contributed by atoms with Gasteiger partial charge in [-0.3, -0.25) is 9.69 Å². The van der Waals surface area contributed by atoms with E-state index in [4.69, 9.17) is 16.0 Å². The van der Waals surface area contributed by atoms with Crippen LogP contribution in [0.3, 0.4) is 0 Å². The molecule has 0 spiro atoms. The van der Waals surface area contributed by atoms with Gasteiger partial charge in [0, 0.05) is 25.7 Å². The molecule has 0 N–H and O–H groups in total. The first kappa shape index (κ1) is 12.1. The molecule has 98 valence electrons. The van der Waals surface area contributed by atoms with E-state index in [2.05, 4.69) is 4.90 Å². The number of nitrogens with zero attached hydrogens (tertiary/aromatic N) is 2. The Bertz CT molecular complexity index is 446. The highest BCUT2D eigenvalue weighted by molar-refractivity contribution is 6.32. The maximum absolute atomic E-state index is 12.4. The quantitative estimate of drug-likeness (QED) is 0.784. The van der Waals surface area contributed by atoms with Crippen LogP contribution < -0.4 is 0 Å². The summed E-state index contributed by atoms with van der Waals surface area (Å²) in [6.07, 6.45) is 4.95. The zero-order chi connectivity index (χ0) is 12.5. The fourth-order valence-electron chi connectivity index (χ4n) is 3.01. The van der Waals surface area contributed by atoms with Crippen molar-refractivity contribution >= 4 is 17.5 Å². The summed E-state index contributed by atoms with van der Waals surface area (Å²) in [4.78, 5) is 16.8. The summed E-state index contributed by atoms with van der Waals surface area (Å²) in [6.45, 7) is 3.92. The topological polar surface area (TPSA) is 36.7 Å². The van der Waals surface area contributed by atoms with Crippen molar-refractivity contribution in [2.24, 2.45) is 0 Å². The Morgan fingerprint density at radius 1 is 1.33 bits per heavy atom. The number of carbonyl (C=O) groups excluding carboxylic acids is 1. The maximum Gasteiger partial charge on any atom is 0.258 e. The second-order valence-corrected chi connectivity index (χ2v) is 5.39. The number of hydrogen-bond acceptors (Lipinski definition) is 3. The van der Waals surface area contributed by atoms with Crippen LogP contribution in [0.1, 0.15) is 29.6 Å². The van der Waals surface area contributed by atoms with Crippen molar-refractivity contribution in [1.82, 2.24) is 9.80 Å². The molecule has 2 saturated heterocycles. The fraction of sp³-hybridized carbons (Fsp3) is 0.615. The van der Waals surface area contributed by atoms with Crippen LogP contribution in [-0.2, 0) is 0 Å². The van der Waals surface area contributed by atoms with Crippen molar-refractivity contribution in [3.05, 3.63) is 23.1 Å². The predicted molar refractivity (Wildman–Crippen MR) is 68.8 cm³/mol. The Morgan fingerprint density at radius 3 is 2.94 bits per heavy atom. The van der Waals surface area contributed by atoms with Crippen LogP contribution in [0.2, 0.25) is 5.22 Å². The molecular formula is C13H17ClN2O2. The zero-order valence-electron chi connectivity index (χ0n) is 10.3. The number of carbonyl (C=O) groups is 1. The first-order valence-electron chi connectivity index (χ1n) is 6.52. The van der Waals surface area contributed by atoms with Crippen molar-refractivity contribution in [3.63, 3.8) is 0 Å². The van der Waals surface area contributed by atoms with Crippen molar-refractivity contribution in [1.29, 1.82) is 0 Å². The molecule has 0 bridgehead atoms. The molecule has 0 radical (unpaired) electrons. The van der Waals surface area contributed by atoms with Crippen LogP contribution in [0, 0.1) is 0 Å². The minimum Gasteiger partial charge on any atom is -0.452 e. The molecule has 18 heavy (non-hydrogen) atoms. The van der Waals surface area contributed by atoms with Crippen molar-refractivity contribution in [2.75, 3.05) is 26.2 Å². The highest BCUT2D eigenvalue weighted by Gasteiger charge is 2.31. The van der Waals surface area contributed by atoms with Crippen molar-refractivity contribution in [3.8, 4) is 0 Å². The van der Waals surface area contributed by atoms with E-state index in [1.165, 1.54) is 25.6 Å². The van der Waals surface area contributed by atoms with Crippen LogP contribution in [0.25, 0.3) is 0 Å². The lowest BCUT2D eigenvalue weighted by Gasteiger charge is -2.25. The summed E-state index contributed by atoms with van der Waals surface area (Å²) in [5, 5.41) is 0.201. The third-order valence-corrected chi connectivity index (χ3v) is 4.23. The summed E-state index contributed by atoms with van der Waals surface area (Å²) in [5.41, 5.74) is 0.489. The normalized spacial score (nSPS) is 24.9.